The Kier molecular flexibility index (Phi) is 16.3. The molecule has 3 aromatic heterocycles. The number of methoxy groups -OCH3 is 2. The largest absolute Gasteiger partial charge is 0.471 e. The van der Waals surface area contributed by atoms with Gasteiger partial charge in [0, 0.05) is 5.56 Å². The fraction of sp³-hybridized carbons (Fsp3) is 0.273. The number of carbonyl (C=O) groups is 4. The predicted octanol–water partition coefficient (Wildman–Crippen LogP) is 5.90. The predicted molar refractivity (Wildman–Crippen MR) is 226 cm³/mol. The quantitative estimate of drug-likeness (QED) is 0.0864. The van der Waals surface area contributed by atoms with E-state index in [1.165, 1.54) is 20.6 Å². The minimum absolute atomic E-state index is 0.170. The summed E-state index contributed by atoms with van der Waals surface area (Å²) in [5, 5.41) is 8.42. The smallest absolute Gasteiger partial charge is 0.407 e. The number of carbonyl (C=O) groups excluding carboxylic acids is 4. The van der Waals surface area contributed by atoms with Crippen molar-refractivity contribution in [2.45, 2.75) is 43.9 Å². The van der Waals surface area contributed by atoms with Gasteiger partial charge in [-0.05, 0) is 57.1 Å². The molecule has 60 heavy (non-hydrogen) atoms. The topological polar surface area (TPSA) is 209 Å². The van der Waals surface area contributed by atoms with Gasteiger partial charge in [0.05, 0.1) is 74.2 Å². The van der Waals surface area contributed by atoms with E-state index >= 15 is 0 Å². The summed E-state index contributed by atoms with van der Waals surface area (Å²) in [4.78, 5) is 71.9. The highest BCUT2D eigenvalue weighted by Crippen LogP contribution is 2.30. The molecule has 0 radical (unpaired) electrons. The van der Waals surface area contributed by atoms with Gasteiger partial charge in [0.1, 0.15) is 29.7 Å². The first-order chi connectivity index (χ1) is 29.2. The minimum atomic E-state index is -0.920. The van der Waals surface area contributed by atoms with Gasteiger partial charge in [0.15, 0.2) is 0 Å². The van der Waals surface area contributed by atoms with E-state index in [0.29, 0.717) is 23.9 Å². The Morgan fingerprint density at radius 3 is 1.97 bits per heavy atom. The number of likely N-dealkylation sites (tertiary alicyclic amines) is 1. The van der Waals surface area contributed by atoms with Crippen LogP contribution in [-0.2, 0) is 23.9 Å². The van der Waals surface area contributed by atoms with E-state index in [2.05, 4.69) is 62.5 Å². The Morgan fingerprint density at radius 1 is 0.783 bits per heavy atom. The molecule has 1 saturated heterocycles. The summed E-state index contributed by atoms with van der Waals surface area (Å²) in [6.07, 6.45) is 9.56. The van der Waals surface area contributed by atoms with E-state index in [-0.39, 0.29) is 11.9 Å². The highest BCUT2D eigenvalue weighted by Gasteiger charge is 2.26. The standard InChI is InChI=1S/C33H35N9O3.C9H11NO.C2H4O2/c1-20(38-32(43)29(41-33(44)45-3)23-8-5-4-6-9-23)30-36-17-25(39-30)22-13-11-21(12-14-22)24-16-35-26(18-34-24)27-19-37-31(40-27)28-10-7-15-42(28)2;1-10-9(7-11)8-5-3-2-4-6-8;1-4-2-3/h4-6,8-9,11-14,16-20,28-29H,7,10,15H2,1-3H3,(H,36,39)(H,37,40)(H,38,43)(H,41,44);2-7,9-10H,1H3;2H,1H3/t20-,28-,29+;9-;/m00./s1. The van der Waals surface area contributed by atoms with Gasteiger partial charge < -0.3 is 40.2 Å². The van der Waals surface area contributed by atoms with Crippen LogP contribution in [0.1, 0.15) is 66.7 Å². The molecule has 7 rings (SSSR count). The Labute approximate surface area is 348 Å². The number of hydrogen-bond acceptors (Lipinski definition) is 12. The fourth-order valence-electron chi connectivity index (χ4n) is 6.49. The normalized spacial score (nSPS) is 14.8. The lowest BCUT2D eigenvalue weighted by molar-refractivity contribution is -0.126. The molecular formula is C44H50N10O6. The third-order valence-corrected chi connectivity index (χ3v) is 9.76. The van der Waals surface area contributed by atoms with Crippen molar-refractivity contribution < 1.29 is 28.7 Å². The van der Waals surface area contributed by atoms with Crippen molar-refractivity contribution in [3.8, 4) is 33.9 Å². The number of rotatable bonds is 13. The lowest BCUT2D eigenvalue weighted by Gasteiger charge is -2.20. The molecule has 16 nitrogen and oxygen atoms in total. The number of aldehydes is 1. The maximum atomic E-state index is 13.2. The van der Waals surface area contributed by atoms with Crippen LogP contribution in [0.4, 0.5) is 4.79 Å². The number of likely N-dealkylation sites (N-methyl/N-ethyl adjacent to an activating group) is 1. The van der Waals surface area contributed by atoms with Crippen molar-refractivity contribution in [1.29, 1.82) is 0 Å². The van der Waals surface area contributed by atoms with Crippen molar-refractivity contribution in [2.24, 2.45) is 0 Å². The number of ether oxygens (including phenoxy) is 2. The second kappa shape index (κ2) is 22.2. The van der Waals surface area contributed by atoms with Crippen molar-refractivity contribution >= 4 is 24.8 Å². The Morgan fingerprint density at radius 2 is 1.40 bits per heavy atom. The molecule has 0 bridgehead atoms. The molecule has 0 aliphatic carbocycles. The summed E-state index contributed by atoms with van der Waals surface area (Å²) in [6.45, 7) is 3.28. The van der Waals surface area contributed by atoms with Crippen LogP contribution >= 0.6 is 0 Å². The lowest BCUT2D eigenvalue weighted by Crippen LogP contribution is -2.41. The van der Waals surface area contributed by atoms with Crippen molar-refractivity contribution in [2.75, 3.05) is 34.9 Å². The number of H-pyrrole nitrogens is 2. The second-order valence-corrected chi connectivity index (χ2v) is 13.7. The summed E-state index contributed by atoms with van der Waals surface area (Å²) in [5.74, 6) is 1.16. The Balaban J connectivity index is 0.000000385. The number of hydrogen-bond donors (Lipinski definition) is 5. The summed E-state index contributed by atoms with van der Waals surface area (Å²) >= 11 is 0. The van der Waals surface area contributed by atoms with Crippen LogP contribution in [0.25, 0.3) is 33.9 Å². The van der Waals surface area contributed by atoms with Crippen LogP contribution in [0.5, 0.6) is 0 Å². The molecule has 0 saturated carbocycles. The first-order valence-electron chi connectivity index (χ1n) is 19.3. The molecule has 0 unspecified atom stereocenters. The van der Waals surface area contributed by atoms with Crippen molar-refractivity contribution in [3.63, 3.8) is 0 Å². The molecule has 4 heterocycles. The fourth-order valence-corrected chi connectivity index (χ4v) is 6.49. The molecule has 0 spiro atoms. The molecule has 312 valence electrons. The molecule has 1 aliphatic rings. The number of aromatic amines is 2. The second-order valence-electron chi connectivity index (χ2n) is 13.7. The minimum Gasteiger partial charge on any atom is -0.471 e. The first kappa shape index (κ1) is 44.1. The molecular weight excluding hydrogens is 765 g/mol. The van der Waals surface area contributed by atoms with Gasteiger partial charge in [0.25, 0.3) is 6.47 Å². The summed E-state index contributed by atoms with van der Waals surface area (Å²) in [5.41, 5.74) is 6.66. The highest BCUT2D eigenvalue weighted by atomic mass is 16.5. The average molecular weight is 815 g/mol. The van der Waals surface area contributed by atoms with Gasteiger partial charge in [-0.15, -0.1) is 0 Å². The van der Waals surface area contributed by atoms with E-state index in [4.69, 9.17) is 9.53 Å². The first-order valence-corrected chi connectivity index (χ1v) is 19.3. The van der Waals surface area contributed by atoms with Gasteiger partial charge >= 0.3 is 6.09 Å². The van der Waals surface area contributed by atoms with E-state index < -0.39 is 18.2 Å². The van der Waals surface area contributed by atoms with Crippen molar-refractivity contribution in [3.05, 3.63) is 132 Å². The monoisotopic (exact) mass is 814 g/mol. The zero-order valence-corrected chi connectivity index (χ0v) is 34.2. The number of amides is 2. The molecule has 3 aromatic carbocycles. The van der Waals surface area contributed by atoms with E-state index in [0.717, 1.165) is 64.5 Å². The van der Waals surface area contributed by atoms with Crippen LogP contribution < -0.4 is 16.0 Å². The van der Waals surface area contributed by atoms with E-state index in [1.807, 2.05) is 73.8 Å². The zero-order valence-electron chi connectivity index (χ0n) is 34.2. The summed E-state index contributed by atoms with van der Waals surface area (Å²) in [7, 11) is 6.46. The molecule has 1 aliphatic heterocycles. The van der Waals surface area contributed by atoms with Crippen LogP contribution in [0.3, 0.4) is 0 Å². The molecule has 1 fully saturated rings. The number of alkyl carbamates (subject to hydrolysis) is 1. The van der Waals surface area contributed by atoms with Gasteiger partial charge in [-0.2, -0.15) is 0 Å². The van der Waals surface area contributed by atoms with Gasteiger partial charge in [-0.25, -0.2) is 14.8 Å². The maximum absolute atomic E-state index is 13.2. The van der Waals surface area contributed by atoms with E-state index in [1.54, 1.807) is 49.9 Å². The molecule has 5 N–H and O–H groups in total. The third kappa shape index (κ3) is 11.8. The molecule has 6 aromatic rings. The number of benzene rings is 3. The number of imidazole rings is 2. The maximum Gasteiger partial charge on any atom is 0.407 e. The Bertz CT molecular complexity index is 2250. The number of nitrogens with one attached hydrogen (secondary N) is 5. The highest BCUT2D eigenvalue weighted by molar-refractivity contribution is 5.87. The SMILES string of the molecule is CN[C@@H](C=O)c1ccccc1.COC(=O)N[C@@H](C(=O)N[C@@H](C)c1ncc(-c2ccc(-c3cnc(-c4cnc([C@@H]5CCCN5C)[nH]4)cn3)cc2)[nH]1)c1ccccc1.COC=O. The number of nitrogens with zero attached hydrogens (tertiary/aromatic N) is 5. The van der Waals surface area contributed by atoms with Crippen LogP contribution in [0.15, 0.2) is 110 Å². The molecule has 16 heteroatoms. The lowest BCUT2D eigenvalue weighted by atomic mass is 10.1. The van der Waals surface area contributed by atoms with Gasteiger partial charge in [-0.1, -0.05) is 84.9 Å². The molecule has 4 atom stereocenters. The summed E-state index contributed by atoms with van der Waals surface area (Å²) < 4.78 is 8.57. The van der Waals surface area contributed by atoms with Crippen LogP contribution in [0, 0.1) is 0 Å². The van der Waals surface area contributed by atoms with Gasteiger partial charge in [-0.3, -0.25) is 24.5 Å². The Hall–Kier alpha value is -7.04. The third-order valence-electron chi connectivity index (χ3n) is 9.76. The van der Waals surface area contributed by atoms with Crippen molar-refractivity contribution in [1.82, 2.24) is 50.8 Å². The van der Waals surface area contributed by atoms with E-state index in [9.17, 15) is 14.4 Å². The molecule has 2 amide bonds. The zero-order chi connectivity index (χ0) is 42.9. The summed E-state index contributed by atoms with van der Waals surface area (Å²) in [6, 6.07) is 25.3. The van der Waals surface area contributed by atoms with Gasteiger partial charge in [0.2, 0.25) is 5.91 Å². The van der Waals surface area contributed by atoms with Crippen LogP contribution in [-0.4, -0.2) is 94.4 Å². The average Bonchev–Trinajstić information content (AvgIpc) is 4.09. The number of aromatic nitrogens is 6. The van der Waals surface area contributed by atoms with Crippen LogP contribution in [0.2, 0.25) is 0 Å².